The van der Waals surface area contributed by atoms with E-state index in [9.17, 15) is 4.39 Å². The Morgan fingerprint density at radius 2 is 1.18 bits per heavy atom. The Kier molecular flexibility index (Phi) is 7.61. The van der Waals surface area contributed by atoms with Crippen LogP contribution in [0.3, 0.4) is 0 Å². The number of halogens is 1. The summed E-state index contributed by atoms with van der Waals surface area (Å²) in [7, 11) is 1.67. The first kappa shape index (κ1) is 30.1. The number of rotatable bonds is 8. The maximum atomic E-state index is 14.3. The number of benzene rings is 5. The molecular formula is C43H33FN4O. The lowest BCUT2D eigenvalue weighted by Crippen LogP contribution is -2.38. The first-order valence-electron chi connectivity index (χ1n) is 16.2. The molecule has 0 fully saturated rings. The van der Waals surface area contributed by atoms with Crippen molar-refractivity contribution in [1.29, 1.82) is 0 Å². The monoisotopic (exact) mass is 640 g/mol. The van der Waals surface area contributed by atoms with Crippen molar-refractivity contribution in [2.24, 2.45) is 0 Å². The molecule has 3 aromatic heterocycles. The van der Waals surface area contributed by atoms with Crippen LogP contribution >= 0.6 is 0 Å². The number of methoxy groups -OCH3 is 1. The van der Waals surface area contributed by atoms with Crippen LogP contribution in [0, 0.1) is 12.7 Å². The predicted octanol–water partition coefficient (Wildman–Crippen LogP) is 9.83. The van der Waals surface area contributed by atoms with E-state index in [0.29, 0.717) is 0 Å². The zero-order valence-corrected chi connectivity index (χ0v) is 27.2. The summed E-state index contributed by atoms with van der Waals surface area (Å²) in [5, 5.41) is 5.45. The van der Waals surface area contributed by atoms with E-state index in [0.717, 1.165) is 67.3 Å². The van der Waals surface area contributed by atoms with Gasteiger partial charge in [0.25, 0.3) is 0 Å². The number of pyridine rings is 1. The number of hydrogen-bond acceptors (Lipinski definition) is 3. The van der Waals surface area contributed by atoms with Crippen molar-refractivity contribution in [3.8, 4) is 39.4 Å². The molecule has 0 aliphatic rings. The third kappa shape index (κ3) is 5.18. The van der Waals surface area contributed by atoms with Crippen molar-refractivity contribution in [1.82, 2.24) is 19.2 Å². The normalized spacial score (nSPS) is 11.6. The summed E-state index contributed by atoms with van der Waals surface area (Å²) in [6, 6.07) is 48.1. The smallest absolute Gasteiger partial charge is 0.138 e. The summed E-state index contributed by atoms with van der Waals surface area (Å²) >= 11 is 0. The molecule has 0 spiro atoms. The quantitative estimate of drug-likeness (QED) is 0.155. The average Bonchev–Trinajstić information content (AvgIpc) is 3.78. The standard InChI is InChI=1S/C43H33FN4O/c1-30-26-41-45-27-40(31-20-24-37(49-2)25-21-31)47(41)28-38(30)39-29-48(46-42(39)32-18-22-36(44)23-19-32)43(33-12-6-3-7-13-33,34-14-8-4-9-15-34)35-16-10-5-11-17-35/h3-29H,1-2H3. The van der Waals surface area contributed by atoms with Gasteiger partial charge in [-0.05, 0) is 83.8 Å². The van der Waals surface area contributed by atoms with Crippen LogP contribution in [0.4, 0.5) is 4.39 Å². The Hall–Kier alpha value is -6.27. The highest BCUT2D eigenvalue weighted by Crippen LogP contribution is 2.44. The molecule has 238 valence electrons. The van der Waals surface area contributed by atoms with Crippen molar-refractivity contribution in [3.63, 3.8) is 0 Å². The van der Waals surface area contributed by atoms with E-state index >= 15 is 0 Å². The highest BCUT2D eigenvalue weighted by atomic mass is 19.1. The molecule has 0 saturated heterocycles. The Bertz CT molecular complexity index is 2270. The minimum atomic E-state index is -0.821. The Labute approximate surface area is 284 Å². The van der Waals surface area contributed by atoms with Gasteiger partial charge in [-0.15, -0.1) is 0 Å². The highest BCUT2D eigenvalue weighted by Gasteiger charge is 2.40. The molecule has 0 bridgehead atoms. The van der Waals surface area contributed by atoms with E-state index in [1.54, 1.807) is 19.2 Å². The molecule has 0 amide bonds. The molecule has 0 radical (unpaired) electrons. The number of aryl methyl sites for hydroxylation is 1. The van der Waals surface area contributed by atoms with E-state index in [1.807, 2.05) is 48.7 Å². The first-order chi connectivity index (χ1) is 24.1. The molecule has 0 N–H and O–H groups in total. The molecule has 49 heavy (non-hydrogen) atoms. The topological polar surface area (TPSA) is 44.3 Å². The van der Waals surface area contributed by atoms with Crippen molar-refractivity contribution in [2.45, 2.75) is 12.5 Å². The minimum absolute atomic E-state index is 0.294. The van der Waals surface area contributed by atoms with Gasteiger partial charge in [-0.3, -0.25) is 9.08 Å². The summed E-state index contributed by atoms with van der Waals surface area (Å²) in [6.07, 6.45) is 6.18. The number of ether oxygens (including phenoxy) is 1. The second-order valence-electron chi connectivity index (χ2n) is 12.1. The fourth-order valence-corrected chi connectivity index (χ4v) is 6.88. The Morgan fingerprint density at radius 1 is 0.633 bits per heavy atom. The molecule has 8 aromatic rings. The van der Waals surface area contributed by atoms with Crippen molar-refractivity contribution >= 4 is 5.65 Å². The predicted molar refractivity (Wildman–Crippen MR) is 193 cm³/mol. The van der Waals surface area contributed by atoms with Crippen LogP contribution in [0.1, 0.15) is 22.3 Å². The number of fused-ring (bicyclic) bond motifs is 1. The van der Waals surface area contributed by atoms with Gasteiger partial charge in [0.2, 0.25) is 0 Å². The van der Waals surface area contributed by atoms with Crippen LogP contribution in [-0.4, -0.2) is 26.3 Å². The maximum Gasteiger partial charge on any atom is 0.138 e. The van der Waals surface area contributed by atoms with Crippen LogP contribution in [0.25, 0.3) is 39.3 Å². The molecule has 0 aliphatic heterocycles. The van der Waals surface area contributed by atoms with Crippen LogP contribution in [0.15, 0.2) is 164 Å². The Morgan fingerprint density at radius 3 is 1.73 bits per heavy atom. The molecule has 5 nitrogen and oxygen atoms in total. The Balaban J connectivity index is 1.43. The van der Waals surface area contributed by atoms with Crippen molar-refractivity contribution in [2.75, 3.05) is 7.11 Å². The lowest BCUT2D eigenvalue weighted by molar-refractivity contribution is 0.415. The number of nitrogens with zero attached hydrogens (tertiary/aromatic N) is 4. The van der Waals surface area contributed by atoms with Crippen molar-refractivity contribution < 1.29 is 9.13 Å². The third-order valence-corrected chi connectivity index (χ3v) is 9.28. The summed E-state index contributed by atoms with van der Waals surface area (Å²) in [6.45, 7) is 2.10. The van der Waals surface area contributed by atoms with Gasteiger partial charge in [0.1, 0.15) is 28.4 Å². The summed E-state index contributed by atoms with van der Waals surface area (Å²) < 4.78 is 23.9. The minimum Gasteiger partial charge on any atom is -0.497 e. The molecule has 0 aliphatic carbocycles. The fraction of sp³-hybridized carbons (Fsp3) is 0.0698. The number of aromatic nitrogens is 4. The highest BCUT2D eigenvalue weighted by molar-refractivity contribution is 5.83. The van der Waals surface area contributed by atoms with E-state index in [1.165, 1.54) is 12.1 Å². The first-order valence-corrected chi connectivity index (χ1v) is 16.2. The van der Waals surface area contributed by atoms with E-state index in [4.69, 9.17) is 14.8 Å². The molecular weight excluding hydrogens is 607 g/mol. The molecule has 5 aromatic carbocycles. The van der Waals surface area contributed by atoms with Gasteiger partial charge in [0.15, 0.2) is 0 Å². The zero-order chi connectivity index (χ0) is 33.4. The number of hydrogen-bond donors (Lipinski definition) is 0. The SMILES string of the molecule is COc1ccc(-c2cnc3cc(C)c(-c4cn(C(c5ccccc5)(c5ccccc5)c5ccccc5)nc4-c4ccc(F)cc4)cn23)cc1. The van der Waals surface area contributed by atoms with Crippen LogP contribution in [0.2, 0.25) is 0 Å². The van der Waals surface area contributed by atoms with Crippen LogP contribution < -0.4 is 4.74 Å². The molecule has 0 atom stereocenters. The summed E-state index contributed by atoms with van der Waals surface area (Å²) in [5.74, 6) is 0.501. The van der Waals surface area contributed by atoms with Gasteiger partial charge in [-0.25, -0.2) is 9.37 Å². The average molecular weight is 641 g/mol. The maximum absolute atomic E-state index is 14.3. The van der Waals surface area contributed by atoms with E-state index in [2.05, 4.69) is 107 Å². The van der Waals surface area contributed by atoms with Gasteiger partial charge in [0, 0.05) is 34.6 Å². The van der Waals surface area contributed by atoms with Gasteiger partial charge in [0.05, 0.1) is 19.0 Å². The zero-order valence-electron chi connectivity index (χ0n) is 27.2. The second-order valence-corrected chi connectivity index (χ2v) is 12.1. The number of imidazole rings is 1. The van der Waals surface area contributed by atoms with Gasteiger partial charge < -0.3 is 4.74 Å². The van der Waals surface area contributed by atoms with Gasteiger partial charge >= 0.3 is 0 Å². The van der Waals surface area contributed by atoms with Crippen molar-refractivity contribution in [3.05, 3.63) is 192 Å². The molecule has 0 unspecified atom stereocenters. The summed E-state index contributed by atoms with van der Waals surface area (Å²) in [4.78, 5) is 4.76. The largest absolute Gasteiger partial charge is 0.497 e. The van der Waals surface area contributed by atoms with Gasteiger partial charge in [-0.1, -0.05) is 91.0 Å². The van der Waals surface area contributed by atoms with E-state index < -0.39 is 5.54 Å². The van der Waals surface area contributed by atoms with Crippen LogP contribution in [-0.2, 0) is 5.54 Å². The van der Waals surface area contributed by atoms with Crippen LogP contribution in [0.5, 0.6) is 5.75 Å². The van der Waals surface area contributed by atoms with Gasteiger partial charge in [-0.2, -0.15) is 5.10 Å². The molecule has 8 rings (SSSR count). The van der Waals surface area contributed by atoms with E-state index in [-0.39, 0.29) is 5.82 Å². The third-order valence-electron chi connectivity index (χ3n) is 9.28. The fourth-order valence-electron chi connectivity index (χ4n) is 6.88. The lowest BCUT2D eigenvalue weighted by Gasteiger charge is -2.36. The molecule has 3 heterocycles. The summed E-state index contributed by atoms with van der Waals surface area (Å²) in [5.41, 5.74) is 9.73. The lowest BCUT2D eigenvalue weighted by atomic mass is 9.77. The second kappa shape index (κ2) is 12.4. The molecule has 6 heteroatoms. The molecule has 0 saturated carbocycles.